The van der Waals surface area contributed by atoms with Gasteiger partial charge in [0.2, 0.25) is 10.0 Å². The molecule has 92 valence electrons. The van der Waals surface area contributed by atoms with Crippen LogP contribution >= 0.6 is 0 Å². The Morgan fingerprint density at radius 1 is 1.06 bits per heavy atom. The van der Waals surface area contributed by atoms with E-state index in [4.69, 9.17) is 0 Å². The molecule has 0 radical (unpaired) electrons. The summed E-state index contributed by atoms with van der Waals surface area (Å²) < 4.78 is 26.5. The molecule has 3 fully saturated rings. The molecular weight excluding hydrogens is 224 g/mol. The van der Waals surface area contributed by atoms with Gasteiger partial charge in [0.15, 0.2) is 0 Å². The second kappa shape index (κ2) is 3.96. The lowest BCUT2D eigenvalue weighted by Gasteiger charge is -2.21. The Hall–Kier alpha value is -0.130. The average molecular weight is 244 g/mol. The first-order valence-electron chi connectivity index (χ1n) is 6.37. The Bertz CT molecular complexity index is 350. The summed E-state index contributed by atoms with van der Waals surface area (Å²) >= 11 is 0. The molecular formula is C11H20N2O2S. The van der Waals surface area contributed by atoms with Gasteiger partial charge in [-0.05, 0) is 37.6 Å². The van der Waals surface area contributed by atoms with Gasteiger partial charge in [0.1, 0.15) is 0 Å². The monoisotopic (exact) mass is 244 g/mol. The lowest BCUT2D eigenvalue weighted by molar-refractivity contribution is 0.437. The molecule has 3 rings (SSSR count). The van der Waals surface area contributed by atoms with E-state index in [2.05, 4.69) is 5.32 Å². The van der Waals surface area contributed by atoms with Gasteiger partial charge in [0.05, 0.1) is 5.25 Å². The van der Waals surface area contributed by atoms with Gasteiger partial charge < -0.3 is 5.32 Å². The summed E-state index contributed by atoms with van der Waals surface area (Å²) in [6.07, 6.45) is 4.56. The topological polar surface area (TPSA) is 49.4 Å². The summed E-state index contributed by atoms with van der Waals surface area (Å²) in [6, 6.07) is 0. The standard InChI is InChI=1S/C11H20N2O2S/c14-16(15,11-4-5-12-6-11)13-7-9-2-1-3-10(9)8-13/h9-12H,1-8H2. The fourth-order valence-electron chi connectivity index (χ4n) is 3.49. The maximum absolute atomic E-state index is 12.4. The molecule has 0 spiro atoms. The fraction of sp³-hybridized carbons (Fsp3) is 1.00. The molecule has 3 aliphatic rings. The number of hydrogen-bond donors (Lipinski definition) is 1. The molecule has 2 aliphatic heterocycles. The SMILES string of the molecule is O=S(=O)(C1CCNC1)N1CC2CCCC2C1. The average Bonchev–Trinajstić information content (AvgIpc) is 2.94. The highest BCUT2D eigenvalue weighted by molar-refractivity contribution is 7.89. The van der Waals surface area contributed by atoms with Crippen LogP contribution < -0.4 is 5.32 Å². The quantitative estimate of drug-likeness (QED) is 0.765. The third kappa shape index (κ3) is 1.69. The zero-order valence-corrected chi connectivity index (χ0v) is 10.4. The van der Waals surface area contributed by atoms with Gasteiger partial charge in [-0.3, -0.25) is 0 Å². The Balaban J connectivity index is 1.73. The molecule has 3 atom stereocenters. The summed E-state index contributed by atoms with van der Waals surface area (Å²) in [5.41, 5.74) is 0. The van der Waals surface area contributed by atoms with Crippen LogP contribution in [0.1, 0.15) is 25.7 Å². The molecule has 1 saturated carbocycles. The van der Waals surface area contributed by atoms with E-state index in [1.165, 1.54) is 19.3 Å². The van der Waals surface area contributed by atoms with Gasteiger partial charge in [-0.2, -0.15) is 0 Å². The number of hydrogen-bond acceptors (Lipinski definition) is 3. The van der Waals surface area contributed by atoms with Crippen LogP contribution in [0.3, 0.4) is 0 Å². The Morgan fingerprint density at radius 2 is 1.75 bits per heavy atom. The van der Waals surface area contributed by atoms with Crippen molar-refractivity contribution in [2.75, 3.05) is 26.2 Å². The van der Waals surface area contributed by atoms with Crippen LogP contribution in [0.5, 0.6) is 0 Å². The van der Waals surface area contributed by atoms with Crippen LogP contribution in [0.4, 0.5) is 0 Å². The summed E-state index contributed by atoms with van der Waals surface area (Å²) in [4.78, 5) is 0. The first kappa shape index (κ1) is 11.0. The fourth-order valence-corrected chi connectivity index (χ4v) is 5.46. The molecule has 0 aromatic rings. The van der Waals surface area contributed by atoms with Gasteiger partial charge >= 0.3 is 0 Å². The Morgan fingerprint density at radius 3 is 2.31 bits per heavy atom. The van der Waals surface area contributed by atoms with Crippen molar-refractivity contribution in [3.8, 4) is 0 Å². The van der Waals surface area contributed by atoms with Gasteiger partial charge in [-0.1, -0.05) is 6.42 Å². The van der Waals surface area contributed by atoms with E-state index in [0.29, 0.717) is 18.4 Å². The maximum Gasteiger partial charge on any atom is 0.218 e. The van der Waals surface area contributed by atoms with Crippen molar-refractivity contribution in [1.29, 1.82) is 0 Å². The third-order valence-electron chi connectivity index (χ3n) is 4.49. The molecule has 16 heavy (non-hydrogen) atoms. The Labute approximate surface area is 97.4 Å². The van der Waals surface area contributed by atoms with E-state index in [1.54, 1.807) is 4.31 Å². The highest BCUT2D eigenvalue weighted by Gasteiger charge is 2.43. The number of rotatable bonds is 2. The van der Waals surface area contributed by atoms with E-state index in [0.717, 1.165) is 26.1 Å². The number of sulfonamides is 1. The van der Waals surface area contributed by atoms with Crippen LogP contribution in [-0.4, -0.2) is 44.2 Å². The van der Waals surface area contributed by atoms with Crippen molar-refractivity contribution < 1.29 is 8.42 Å². The lowest BCUT2D eigenvalue weighted by Crippen LogP contribution is -2.38. The largest absolute Gasteiger partial charge is 0.315 e. The minimum atomic E-state index is -3.01. The van der Waals surface area contributed by atoms with E-state index in [9.17, 15) is 8.42 Å². The maximum atomic E-state index is 12.4. The van der Waals surface area contributed by atoms with Crippen molar-refractivity contribution in [2.45, 2.75) is 30.9 Å². The summed E-state index contributed by atoms with van der Waals surface area (Å²) in [5, 5.41) is 2.99. The van der Waals surface area contributed by atoms with E-state index < -0.39 is 10.0 Å². The van der Waals surface area contributed by atoms with Gasteiger partial charge in [-0.15, -0.1) is 0 Å². The molecule has 0 aromatic carbocycles. The number of fused-ring (bicyclic) bond motifs is 1. The minimum absolute atomic E-state index is 0.161. The Kier molecular flexibility index (Phi) is 2.72. The van der Waals surface area contributed by atoms with Crippen LogP contribution in [0.15, 0.2) is 0 Å². The molecule has 2 heterocycles. The minimum Gasteiger partial charge on any atom is -0.315 e. The zero-order valence-electron chi connectivity index (χ0n) is 9.56. The summed E-state index contributed by atoms with van der Waals surface area (Å²) in [5.74, 6) is 1.31. The molecule has 0 bridgehead atoms. The molecule has 1 aliphatic carbocycles. The second-order valence-corrected chi connectivity index (χ2v) is 7.64. The van der Waals surface area contributed by atoms with Crippen LogP contribution in [0.2, 0.25) is 0 Å². The number of nitrogens with zero attached hydrogens (tertiary/aromatic N) is 1. The highest BCUT2D eigenvalue weighted by atomic mass is 32.2. The first-order chi connectivity index (χ1) is 7.68. The van der Waals surface area contributed by atoms with Crippen LogP contribution in [-0.2, 0) is 10.0 Å². The van der Waals surface area contributed by atoms with E-state index in [1.807, 2.05) is 0 Å². The molecule has 0 amide bonds. The van der Waals surface area contributed by atoms with Crippen molar-refractivity contribution in [1.82, 2.24) is 9.62 Å². The molecule has 5 heteroatoms. The predicted molar refractivity (Wildman–Crippen MR) is 62.6 cm³/mol. The molecule has 2 saturated heterocycles. The van der Waals surface area contributed by atoms with Gasteiger partial charge in [-0.25, -0.2) is 12.7 Å². The van der Waals surface area contributed by atoms with E-state index >= 15 is 0 Å². The van der Waals surface area contributed by atoms with Crippen molar-refractivity contribution in [3.63, 3.8) is 0 Å². The molecule has 4 nitrogen and oxygen atoms in total. The summed E-state index contributed by atoms with van der Waals surface area (Å²) in [6.45, 7) is 3.09. The van der Waals surface area contributed by atoms with E-state index in [-0.39, 0.29) is 5.25 Å². The van der Waals surface area contributed by atoms with Crippen LogP contribution in [0.25, 0.3) is 0 Å². The molecule has 1 N–H and O–H groups in total. The third-order valence-corrected chi connectivity index (χ3v) is 6.75. The zero-order chi connectivity index (χ0) is 11.2. The lowest BCUT2D eigenvalue weighted by atomic mass is 10.0. The van der Waals surface area contributed by atoms with Crippen LogP contribution in [0, 0.1) is 11.8 Å². The smallest absolute Gasteiger partial charge is 0.218 e. The second-order valence-electron chi connectivity index (χ2n) is 5.43. The van der Waals surface area contributed by atoms with Gasteiger partial charge in [0.25, 0.3) is 0 Å². The van der Waals surface area contributed by atoms with Crippen molar-refractivity contribution in [2.24, 2.45) is 11.8 Å². The predicted octanol–water partition coefficient (Wildman–Crippen LogP) is 0.410. The highest BCUT2D eigenvalue weighted by Crippen LogP contribution is 2.39. The number of nitrogens with one attached hydrogen (secondary N) is 1. The molecule has 3 unspecified atom stereocenters. The molecule has 0 aromatic heterocycles. The summed E-state index contributed by atoms with van der Waals surface area (Å²) in [7, 11) is -3.01. The van der Waals surface area contributed by atoms with Crippen molar-refractivity contribution in [3.05, 3.63) is 0 Å². The van der Waals surface area contributed by atoms with Gasteiger partial charge in [0, 0.05) is 19.6 Å². The van der Waals surface area contributed by atoms with Crippen molar-refractivity contribution >= 4 is 10.0 Å². The first-order valence-corrected chi connectivity index (χ1v) is 7.88. The normalized spacial score (nSPS) is 40.4.